The fourth-order valence-electron chi connectivity index (χ4n) is 3.33. The van der Waals surface area contributed by atoms with Crippen molar-refractivity contribution in [2.24, 2.45) is 5.10 Å². The first-order chi connectivity index (χ1) is 13.5. The topological polar surface area (TPSA) is 73.8 Å². The van der Waals surface area contributed by atoms with E-state index in [-0.39, 0.29) is 17.6 Å². The van der Waals surface area contributed by atoms with E-state index in [0.29, 0.717) is 5.17 Å². The number of para-hydroxylation sites is 2. The molecule has 144 valence electrons. The summed E-state index contributed by atoms with van der Waals surface area (Å²) in [6.07, 6.45) is 1.79. The van der Waals surface area contributed by atoms with Gasteiger partial charge >= 0.3 is 0 Å². The van der Waals surface area contributed by atoms with Crippen molar-refractivity contribution in [2.45, 2.75) is 32.2 Å². The summed E-state index contributed by atoms with van der Waals surface area (Å²) in [4.78, 5) is 27.1. The van der Waals surface area contributed by atoms with Crippen LogP contribution in [0.4, 0.5) is 11.4 Å². The van der Waals surface area contributed by atoms with Gasteiger partial charge in [-0.25, -0.2) is 0 Å². The van der Waals surface area contributed by atoms with E-state index in [2.05, 4.69) is 28.0 Å². The third-order valence-corrected chi connectivity index (χ3v) is 5.79. The van der Waals surface area contributed by atoms with Crippen molar-refractivity contribution < 1.29 is 9.59 Å². The summed E-state index contributed by atoms with van der Waals surface area (Å²) in [6.45, 7) is 3.51. The van der Waals surface area contributed by atoms with Crippen molar-refractivity contribution in [1.29, 1.82) is 0 Å². The van der Waals surface area contributed by atoms with Gasteiger partial charge in [0.15, 0.2) is 5.17 Å². The Labute approximate surface area is 168 Å². The number of hydrazone groups is 1. The first kappa shape index (κ1) is 18.6. The van der Waals surface area contributed by atoms with Gasteiger partial charge in [0, 0.05) is 0 Å². The standard InChI is InChI=1S/C21H22N4O2S/c1-21(2)19(27)22-20(23-24-21)28-13-18(26)25-16-9-5-3-7-14(16)11-12-15-8-4-6-10-17(15)25/h3-10,24H,11-13H2,1-2H3,(H,22,23,27). The van der Waals surface area contributed by atoms with Crippen LogP contribution in [0.2, 0.25) is 0 Å². The molecule has 2 amide bonds. The third-order valence-electron chi connectivity index (χ3n) is 4.94. The number of benzene rings is 2. The number of rotatable bonds is 2. The average Bonchev–Trinajstić information content (AvgIpc) is 2.86. The number of aryl methyl sites for hydroxylation is 2. The van der Waals surface area contributed by atoms with Gasteiger partial charge < -0.3 is 5.32 Å². The van der Waals surface area contributed by atoms with E-state index in [1.54, 1.807) is 18.7 Å². The van der Waals surface area contributed by atoms with Crippen molar-refractivity contribution in [2.75, 3.05) is 10.7 Å². The Morgan fingerprint density at radius 2 is 1.64 bits per heavy atom. The van der Waals surface area contributed by atoms with Gasteiger partial charge in [-0.1, -0.05) is 48.2 Å². The SMILES string of the molecule is CC1(C)NN=C(SCC(=O)N2c3ccccc3CCc3ccccc32)NC1=O. The highest BCUT2D eigenvalue weighted by atomic mass is 32.2. The molecule has 2 aromatic rings. The van der Waals surface area contributed by atoms with Gasteiger partial charge in [0.2, 0.25) is 5.91 Å². The Morgan fingerprint density at radius 3 is 2.21 bits per heavy atom. The summed E-state index contributed by atoms with van der Waals surface area (Å²) in [5, 5.41) is 7.35. The monoisotopic (exact) mass is 394 g/mol. The van der Waals surface area contributed by atoms with Crippen LogP contribution in [0.3, 0.4) is 0 Å². The molecule has 7 heteroatoms. The van der Waals surface area contributed by atoms with Crippen molar-refractivity contribution in [3.05, 3.63) is 59.7 Å². The van der Waals surface area contributed by atoms with E-state index in [4.69, 9.17) is 0 Å². The highest BCUT2D eigenvalue weighted by molar-refractivity contribution is 8.14. The summed E-state index contributed by atoms with van der Waals surface area (Å²) < 4.78 is 0. The molecule has 2 aromatic carbocycles. The summed E-state index contributed by atoms with van der Waals surface area (Å²) in [6, 6.07) is 16.1. The second kappa shape index (κ2) is 7.31. The Balaban J connectivity index is 1.59. The molecule has 0 unspecified atom stereocenters. The minimum absolute atomic E-state index is 0.0476. The minimum atomic E-state index is -0.753. The number of nitrogens with one attached hydrogen (secondary N) is 2. The lowest BCUT2D eigenvalue weighted by molar-refractivity contribution is -0.125. The molecule has 2 aliphatic rings. The number of amides is 2. The van der Waals surface area contributed by atoms with Gasteiger partial charge in [-0.15, -0.1) is 0 Å². The normalized spacial score (nSPS) is 17.4. The fourth-order valence-corrected chi connectivity index (χ4v) is 4.00. The molecule has 28 heavy (non-hydrogen) atoms. The van der Waals surface area contributed by atoms with Gasteiger partial charge in [0.25, 0.3) is 5.91 Å². The van der Waals surface area contributed by atoms with Crippen LogP contribution in [-0.2, 0) is 22.4 Å². The molecule has 2 N–H and O–H groups in total. The first-order valence-corrected chi connectivity index (χ1v) is 10.2. The molecule has 0 aliphatic carbocycles. The van der Waals surface area contributed by atoms with Crippen LogP contribution < -0.4 is 15.6 Å². The predicted molar refractivity (Wildman–Crippen MR) is 113 cm³/mol. The Hall–Kier alpha value is -2.80. The second-order valence-electron chi connectivity index (χ2n) is 7.38. The number of thioether (sulfide) groups is 1. The minimum Gasteiger partial charge on any atom is -0.302 e. The van der Waals surface area contributed by atoms with Gasteiger partial charge in [-0.2, -0.15) is 5.10 Å². The number of hydrogen-bond donors (Lipinski definition) is 2. The Kier molecular flexibility index (Phi) is 4.85. The molecule has 6 nitrogen and oxygen atoms in total. The van der Waals surface area contributed by atoms with Crippen molar-refractivity contribution in [1.82, 2.24) is 10.7 Å². The number of anilines is 2. The second-order valence-corrected chi connectivity index (χ2v) is 8.35. The highest BCUT2D eigenvalue weighted by Crippen LogP contribution is 2.36. The maximum atomic E-state index is 13.2. The van der Waals surface area contributed by atoms with Crippen LogP contribution in [0.1, 0.15) is 25.0 Å². The van der Waals surface area contributed by atoms with Crippen LogP contribution in [-0.4, -0.2) is 28.3 Å². The van der Waals surface area contributed by atoms with Crippen molar-refractivity contribution in [3.8, 4) is 0 Å². The largest absolute Gasteiger partial charge is 0.302 e. The maximum Gasteiger partial charge on any atom is 0.252 e. The van der Waals surface area contributed by atoms with Gasteiger partial charge in [-0.05, 0) is 49.9 Å². The molecule has 2 heterocycles. The van der Waals surface area contributed by atoms with Crippen LogP contribution in [0, 0.1) is 0 Å². The summed E-state index contributed by atoms with van der Waals surface area (Å²) in [5.74, 6) is -0.0411. The molecule has 0 spiro atoms. The van der Waals surface area contributed by atoms with Crippen LogP contribution in [0.15, 0.2) is 53.6 Å². The van der Waals surface area contributed by atoms with E-state index in [9.17, 15) is 9.59 Å². The third kappa shape index (κ3) is 3.49. The van der Waals surface area contributed by atoms with Gasteiger partial charge in [-0.3, -0.25) is 19.9 Å². The van der Waals surface area contributed by atoms with Crippen molar-refractivity contribution in [3.63, 3.8) is 0 Å². The first-order valence-electron chi connectivity index (χ1n) is 9.23. The average molecular weight is 395 g/mol. The van der Waals surface area contributed by atoms with Crippen LogP contribution >= 0.6 is 11.8 Å². The van der Waals surface area contributed by atoms with Crippen LogP contribution in [0.25, 0.3) is 0 Å². The number of carbonyl (C=O) groups excluding carboxylic acids is 2. The fraction of sp³-hybridized carbons (Fsp3) is 0.286. The van der Waals surface area contributed by atoms with E-state index in [1.165, 1.54) is 11.8 Å². The summed E-state index contributed by atoms with van der Waals surface area (Å²) in [5.41, 5.74) is 6.24. The van der Waals surface area contributed by atoms with Gasteiger partial charge in [0.05, 0.1) is 17.1 Å². The predicted octanol–water partition coefficient (Wildman–Crippen LogP) is 2.95. The number of amidine groups is 1. The molecular weight excluding hydrogens is 372 g/mol. The smallest absolute Gasteiger partial charge is 0.252 e. The van der Waals surface area contributed by atoms with E-state index < -0.39 is 5.54 Å². The number of carbonyl (C=O) groups is 2. The maximum absolute atomic E-state index is 13.2. The van der Waals surface area contributed by atoms with E-state index in [0.717, 1.165) is 35.3 Å². The zero-order chi connectivity index (χ0) is 19.7. The molecule has 0 saturated carbocycles. The summed E-state index contributed by atoms with van der Waals surface area (Å²) in [7, 11) is 0. The number of nitrogens with zero attached hydrogens (tertiary/aromatic N) is 2. The Bertz CT molecular complexity index is 923. The summed E-state index contributed by atoms with van der Waals surface area (Å²) >= 11 is 1.22. The lowest BCUT2D eigenvalue weighted by atomic mass is 10.0. The molecule has 0 saturated heterocycles. The number of fused-ring (bicyclic) bond motifs is 2. The molecule has 0 radical (unpaired) electrons. The zero-order valence-electron chi connectivity index (χ0n) is 15.9. The molecular formula is C21H22N4O2S. The van der Waals surface area contributed by atoms with E-state index in [1.807, 2.05) is 36.4 Å². The highest BCUT2D eigenvalue weighted by Gasteiger charge is 2.32. The Morgan fingerprint density at radius 1 is 1.07 bits per heavy atom. The van der Waals surface area contributed by atoms with Gasteiger partial charge in [0.1, 0.15) is 5.54 Å². The molecule has 0 bridgehead atoms. The lowest BCUT2D eigenvalue weighted by Gasteiger charge is -2.28. The zero-order valence-corrected chi connectivity index (χ0v) is 16.7. The van der Waals surface area contributed by atoms with E-state index >= 15 is 0 Å². The number of hydrogen-bond acceptors (Lipinski definition) is 5. The molecule has 0 aromatic heterocycles. The lowest BCUT2D eigenvalue weighted by Crippen LogP contribution is -2.56. The van der Waals surface area contributed by atoms with Crippen LogP contribution in [0.5, 0.6) is 0 Å². The molecule has 0 fully saturated rings. The quantitative estimate of drug-likeness (QED) is 0.821. The van der Waals surface area contributed by atoms with Crippen molar-refractivity contribution >= 4 is 40.1 Å². The molecule has 0 atom stereocenters. The molecule has 4 rings (SSSR count). The molecule has 2 aliphatic heterocycles.